The Bertz CT molecular complexity index is 161. The van der Waals surface area contributed by atoms with Crippen LogP contribution in [0.25, 0.3) is 0 Å². The monoisotopic (exact) mass is 321 g/mol. The van der Waals surface area contributed by atoms with Gasteiger partial charge in [0, 0.05) is 0 Å². The van der Waals surface area contributed by atoms with Crippen LogP contribution in [0.2, 0.25) is 0 Å². The molecule has 1 heterocycles. The summed E-state index contributed by atoms with van der Waals surface area (Å²) in [6.07, 6.45) is 8.50. The van der Waals surface area contributed by atoms with Crippen LogP contribution in [-0.2, 0) is 23.6 Å². The summed E-state index contributed by atoms with van der Waals surface area (Å²) >= 11 is 0. The van der Waals surface area contributed by atoms with Crippen LogP contribution in [0.3, 0.4) is 0 Å². The van der Waals surface area contributed by atoms with Gasteiger partial charge in [0.25, 0.3) is 0 Å². The van der Waals surface area contributed by atoms with Crippen LogP contribution in [0.5, 0.6) is 0 Å². The second-order valence-corrected chi connectivity index (χ2v) is 2.20. The number of rotatable bonds is 3. The SMILES string of the molecule is CCCC[n+]1cc[nH]c1.[Cl-].[Cl-].[Cl-].[Cl-].[Fe+3]. The maximum atomic E-state index is 3.00. The topological polar surface area (TPSA) is 19.7 Å². The van der Waals surface area contributed by atoms with Crippen molar-refractivity contribution in [1.29, 1.82) is 0 Å². The Kier molecular flexibility index (Phi) is 40.8. The van der Waals surface area contributed by atoms with Crippen LogP contribution in [0.1, 0.15) is 19.8 Å². The van der Waals surface area contributed by atoms with Gasteiger partial charge in [0.1, 0.15) is 12.4 Å². The Hall–Kier alpha value is 0.889. The summed E-state index contributed by atoms with van der Waals surface area (Å²) in [6.45, 7) is 3.34. The van der Waals surface area contributed by atoms with Gasteiger partial charge in [-0.05, 0) is 6.42 Å². The molecule has 0 bridgehead atoms. The van der Waals surface area contributed by atoms with Crippen molar-refractivity contribution in [1.82, 2.24) is 4.98 Å². The number of hydrogen-bond acceptors (Lipinski definition) is 0. The summed E-state index contributed by atoms with van der Waals surface area (Å²) in [4.78, 5) is 3.00. The fourth-order valence-electron chi connectivity index (χ4n) is 0.800. The summed E-state index contributed by atoms with van der Waals surface area (Å²) in [5.41, 5.74) is 0. The van der Waals surface area contributed by atoms with Crippen LogP contribution >= 0.6 is 0 Å². The van der Waals surface area contributed by atoms with Crippen molar-refractivity contribution in [2.75, 3.05) is 0 Å². The van der Waals surface area contributed by atoms with E-state index in [2.05, 4.69) is 22.7 Å². The largest absolute Gasteiger partial charge is 3.00 e. The van der Waals surface area contributed by atoms with Crippen LogP contribution in [0, 0.1) is 0 Å². The fraction of sp³-hybridized carbons (Fsp3) is 0.571. The smallest absolute Gasteiger partial charge is 1.00 e. The van der Waals surface area contributed by atoms with E-state index in [0.717, 1.165) is 6.54 Å². The number of nitrogens with one attached hydrogen (secondary N) is 1. The maximum absolute atomic E-state index is 3.00. The van der Waals surface area contributed by atoms with Gasteiger partial charge in [-0.25, -0.2) is 4.57 Å². The molecule has 1 aromatic heterocycles. The minimum absolute atomic E-state index is 0. The molecule has 0 saturated heterocycles. The summed E-state index contributed by atoms with van der Waals surface area (Å²) < 4.78 is 2.16. The molecule has 1 rings (SSSR count). The Balaban J connectivity index is -0.0000000540. The number of unbranched alkanes of at least 4 members (excludes halogenated alkanes) is 1. The number of imidazole rings is 1. The predicted octanol–water partition coefficient (Wildman–Crippen LogP) is -10.9. The van der Waals surface area contributed by atoms with Gasteiger partial charge >= 0.3 is 17.1 Å². The number of aromatic nitrogens is 2. The van der Waals surface area contributed by atoms with Crippen molar-refractivity contribution in [3.63, 3.8) is 0 Å². The molecule has 0 aliphatic rings. The van der Waals surface area contributed by atoms with Gasteiger partial charge in [-0.1, -0.05) is 13.3 Å². The van der Waals surface area contributed by atoms with Crippen molar-refractivity contribution in [2.45, 2.75) is 26.3 Å². The van der Waals surface area contributed by atoms with E-state index in [0.29, 0.717) is 0 Å². The van der Waals surface area contributed by atoms with Crippen molar-refractivity contribution in [3.8, 4) is 0 Å². The third-order valence-corrected chi connectivity index (χ3v) is 1.37. The molecule has 0 spiro atoms. The minimum atomic E-state index is 0. The van der Waals surface area contributed by atoms with Crippen LogP contribution < -0.4 is 54.2 Å². The van der Waals surface area contributed by atoms with Crippen molar-refractivity contribution < 1.29 is 71.3 Å². The quantitative estimate of drug-likeness (QED) is 0.421. The first-order chi connectivity index (χ1) is 4.43. The first-order valence-electron chi connectivity index (χ1n) is 3.45. The molecule has 0 atom stereocenters. The van der Waals surface area contributed by atoms with Gasteiger partial charge in [-0.15, -0.1) is 0 Å². The van der Waals surface area contributed by atoms with E-state index in [-0.39, 0.29) is 66.7 Å². The number of hydrogen-bond donors (Lipinski definition) is 1. The zero-order chi connectivity index (χ0) is 6.53. The number of aryl methyl sites for hydroxylation is 1. The summed E-state index contributed by atoms with van der Waals surface area (Å²) in [7, 11) is 0. The molecule has 0 fully saturated rings. The third-order valence-electron chi connectivity index (χ3n) is 1.37. The predicted molar refractivity (Wildman–Crippen MR) is 35.9 cm³/mol. The summed E-state index contributed by atoms with van der Waals surface area (Å²) in [6, 6.07) is 0. The van der Waals surface area contributed by atoms with Crippen LogP contribution in [-0.4, -0.2) is 4.98 Å². The summed E-state index contributed by atoms with van der Waals surface area (Å²) in [5.74, 6) is 0. The minimum Gasteiger partial charge on any atom is -1.00 e. The molecule has 2 nitrogen and oxygen atoms in total. The van der Waals surface area contributed by atoms with Gasteiger partial charge < -0.3 is 49.6 Å². The van der Waals surface area contributed by atoms with E-state index in [9.17, 15) is 0 Å². The Labute approximate surface area is 121 Å². The van der Waals surface area contributed by atoms with E-state index in [1.807, 2.05) is 12.5 Å². The van der Waals surface area contributed by atoms with Crippen LogP contribution in [0.15, 0.2) is 18.7 Å². The van der Waals surface area contributed by atoms with Gasteiger partial charge in [0.15, 0.2) is 0 Å². The standard InChI is InChI=1S/C7H12N2.4ClH.Fe/c1-2-3-5-9-6-4-8-7-9;;;;;/h4,6-7H,2-3,5H2,1H3;4*1H;/q;;;;;+3/p-3. The Morgan fingerprint density at radius 3 is 2.07 bits per heavy atom. The van der Waals surface area contributed by atoms with Crippen molar-refractivity contribution >= 4 is 0 Å². The molecule has 14 heavy (non-hydrogen) atoms. The molecule has 7 heteroatoms. The molecule has 0 aliphatic heterocycles. The van der Waals surface area contributed by atoms with Crippen molar-refractivity contribution in [2.24, 2.45) is 0 Å². The molecule has 0 aliphatic carbocycles. The Morgan fingerprint density at radius 1 is 1.14 bits per heavy atom. The molecule has 0 unspecified atom stereocenters. The van der Waals surface area contributed by atoms with Gasteiger partial charge in [0.2, 0.25) is 6.33 Å². The summed E-state index contributed by atoms with van der Waals surface area (Å²) in [5, 5.41) is 0. The van der Waals surface area contributed by atoms with E-state index in [1.165, 1.54) is 12.8 Å². The normalized spacial score (nSPS) is 6.36. The molecule has 0 amide bonds. The van der Waals surface area contributed by atoms with Gasteiger partial charge in [-0.3, -0.25) is 4.98 Å². The average Bonchev–Trinajstić information content (AvgIpc) is 2.34. The fourth-order valence-corrected chi connectivity index (χ4v) is 0.800. The van der Waals surface area contributed by atoms with E-state index in [4.69, 9.17) is 0 Å². The van der Waals surface area contributed by atoms with Crippen molar-refractivity contribution in [3.05, 3.63) is 18.7 Å². The maximum Gasteiger partial charge on any atom is 3.00 e. The zero-order valence-electron chi connectivity index (χ0n) is 7.67. The number of aromatic amines is 1. The Morgan fingerprint density at radius 2 is 1.71 bits per heavy atom. The first kappa shape index (κ1) is 29.4. The second-order valence-electron chi connectivity index (χ2n) is 2.20. The molecule has 87 valence electrons. The van der Waals surface area contributed by atoms with E-state index in [1.54, 1.807) is 0 Å². The molecule has 0 saturated carbocycles. The second kappa shape index (κ2) is 19.5. The first-order valence-corrected chi connectivity index (χ1v) is 3.45. The zero-order valence-corrected chi connectivity index (χ0v) is 11.8. The van der Waals surface area contributed by atoms with Gasteiger partial charge in [0.05, 0.1) is 6.54 Å². The van der Waals surface area contributed by atoms with Gasteiger partial charge in [-0.2, -0.15) is 0 Å². The molecule has 1 radical (unpaired) electrons. The van der Waals surface area contributed by atoms with Crippen LogP contribution in [0.4, 0.5) is 0 Å². The molecular formula is C7H13Cl4FeN2. The molecule has 0 aromatic carbocycles. The third kappa shape index (κ3) is 12.9. The number of halogens is 4. The number of H-pyrrole nitrogens is 1. The number of nitrogens with zero attached hydrogens (tertiary/aromatic N) is 1. The molecule has 1 N–H and O–H groups in total. The molecular weight excluding hydrogens is 310 g/mol. The molecule has 1 aromatic rings. The average molecular weight is 323 g/mol. The van der Waals surface area contributed by atoms with E-state index < -0.39 is 0 Å². The van der Waals surface area contributed by atoms with E-state index >= 15 is 0 Å².